The number of carbonyl (C=O) groups excluding carboxylic acids is 1. The Hall–Kier alpha value is -2.54. The Bertz CT molecular complexity index is 1060. The van der Waals surface area contributed by atoms with Crippen molar-refractivity contribution < 1.29 is 13.9 Å². The lowest BCUT2D eigenvalue weighted by molar-refractivity contribution is -0.149. The number of nitrogens with one attached hydrogen (secondary N) is 1. The fourth-order valence-electron chi connectivity index (χ4n) is 5.78. The lowest BCUT2D eigenvalue weighted by atomic mass is 9.96. The topological polar surface area (TPSA) is 67.3 Å². The zero-order chi connectivity index (χ0) is 25.0. The summed E-state index contributed by atoms with van der Waals surface area (Å²) in [7, 11) is 0. The minimum Gasteiger partial charge on any atom is -0.465 e. The van der Waals surface area contributed by atoms with Crippen LogP contribution in [0.4, 0.5) is 10.2 Å². The highest BCUT2D eigenvalue weighted by Crippen LogP contribution is 2.44. The first kappa shape index (κ1) is 25.1. The van der Waals surface area contributed by atoms with Crippen LogP contribution in [0.25, 0.3) is 0 Å². The predicted molar refractivity (Wildman–Crippen MR) is 139 cm³/mol. The van der Waals surface area contributed by atoms with Crippen LogP contribution >= 0.6 is 0 Å². The fraction of sp³-hybridized carbons (Fsp3) is 0.621. The van der Waals surface area contributed by atoms with Gasteiger partial charge in [-0.25, -0.2) is 14.2 Å². The Morgan fingerprint density at radius 2 is 2.17 bits per heavy atom. The van der Waals surface area contributed by atoms with Crippen LogP contribution in [0.1, 0.15) is 92.8 Å². The zero-order valence-corrected chi connectivity index (χ0v) is 21.5. The molecule has 194 valence electrons. The van der Waals surface area contributed by atoms with E-state index in [0.717, 1.165) is 74.3 Å². The van der Waals surface area contributed by atoms with Crippen molar-refractivity contribution in [3.8, 4) is 0 Å². The second-order valence-electron chi connectivity index (χ2n) is 10.7. The van der Waals surface area contributed by atoms with Gasteiger partial charge in [0.25, 0.3) is 0 Å². The normalized spacial score (nSPS) is 22.6. The molecule has 6 nitrogen and oxygen atoms in total. The largest absolute Gasteiger partial charge is 0.465 e. The van der Waals surface area contributed by atoms with Crippen LogP contribution in [0, 0.1) is 0 Å². The van der Waals surface area contributed by atoms with Crippen LogP contribution in [0.2, 0.25) is 0 Å². The smallest absolute Gasteiger partial charge is 0.328 e. The third kappa shape index (κ3) is 5.88. The number of likely N-dealkylation sites (tertiary alicyclic amines) is 1. The molecule has 2 fully saturated rings. The number of halogens is 1. The van der Waals surface area contributed by atoms with E-state index in [4.69, 9.17) is 9.72 Å². The molecule has 2 aliphatic heterocycles. The van der Waals surface area contributed by atoms with Gasteiger partial charge >= 0.3 is 5.97 Å². The Labute approximate surface area is 214 Å². The number of esters is 1. The van der Waals surface area contributed by atoms with Gasteiger partial charge in [0.15, 0.2) is 0 Å². The Balaban J connectivity index is 1.15. The quantitative estimate of drug-likeness (QED) is 0.327. The summed E-state index contributed by atoms with van der Waals surface area (Å²) in [4.78, 5) is 24.4. The van der Waals surface area contributed by atoms with E-state index in [0.29, 0.717) is 31.9 Å². The van der Waals surface area contributed by atoms with E-state index in [2.05, 4.69) is 22.4 Å². The van der Waals surface area contributed by atoms with E-state index < -0.39 is 11.7 Å². The Morgan fingerprint density at radius 3 is 3.00 bits per heavy atom. The summed E-state index contributed by atoms with van der Waals surface area (Å²) in [5.74, 6) is 1.17. The van der Waals surface area contributed by atoms with Crippen LogP contribution < -0.4 is 5.32 Å². The maximum Gasteiger partial charge on any atom is 0.328 e. The Morgan fingerprint density at radius 1 is 1.28 bits per heavy atom. The highest BCUT2D eigenvalue weighted by Gasteiger charge is 2.44. The molecule has 1 aliphatic carbocycles. The number of aryl methyl sites for hydroxylation is 2. The third-order valence-electron chi connectivity index (χ3n) is 7.85. The van der Waals surface area contributed by atoms with Gasteiger partial charge in [-0.2, -0.15) is 0 Å². The predicted octanol–water partition coefficient (Wildman–Crippen LogP) is 5.53. The average Bonchev–Trinajstić information content (AvgIpc) is 3.67. The summed E-state index contributed by atoms with van der Waals surface area (Å²) in [6.07, 6.45) is 11.0. The molecule has 0 radical (unpaired) electrons. The third-order valence-corrected chi connectivity index (χ3v) is 7.85. The molecule has 4 heterocycles. The van der Waals surface area contributed by atoms with E-state index in [-0.39, 0.29) is 12.5 Å². The van der Waals surface area contributed by atoms with Crippen LogP contribution in [-0.4, -0.2) is 52.7 Å². The van der Waals surface area contributed by atoms with Gasteiger partial charge in [0.1, 0.15) is 17.5 Å². The molecule has 36 heavy (non-hydrogen) atoms. The number of carbonyl (C=O) groups is 1. The van der Waals surface area contributed by atoms with Crippen LogP contribution in [0.3, 0.4) is 0 Å². The number of hydrogen-bond donors (Lipinski definition) is 1. The number of rotatable bonds is 11. The van der Waals surface area contributed by atoms with Crippen molar-refractivity contribution in [3.05, 3.63) is 53.0 Å². The van der Waals surface area contributed by atoms with Gasteiger partial charge in [-0.1, -0.05) is 25.0 Å². The van der Waals surface area contributed by atoms with Gasteiger partial charge in [-0.15, -0.1) is 0 Å². The molecule has 2 aromatic heterocycles. The van der Waals surface area contributed by atoms with Crippen molar-refractivity contribution in [2.45, 2.75) is 88.8 Å². The maximum absolute atomic E-state index is 15.9. The van der Waals surface area contributed by atoms with Crippen molar-refractivity contribution in [2.75, 3.05) is 31.6 Å². The summed E-state index contributed by atoms with van der Waals surface area (Å²) in [6.45, 7) is 3.97. The fourth-order valence-corrected chi connectivity index (χ4v) is 5.78. The molecular weight excluding hydrogens is 455 g/mol. The van der Waals surface area contributed by atoms with Gasteiger partial charge in [0, 0.05) is 48.7 Å². The molecule has 2 aromatic rings. The molecule has 2 unspecified atom stereocenters. The summed E-state index contributed by atoms with van der Waals surface area (Å²) in [5.41, 5.74) is 3.05. The monoisotopic (exact) mass is 494 g/mol. The molecule has 2 atom stereocenters. The molecule has 0 bridgehead atoms. The van der Waals surface area contributed by atoms with E-state index >= 15 is 4.39 Å². The standard InChI is InChI=1S/C29H39FN4O2/c1-2-36-28(35)26(24-10-7-17-31-25(24)21-11-12-21)34-19-16-29(30,20-34)15-5-3-4-9-23-14-13-22-8-6-18-32-27(22)33-23/h7,10,13-14,17,21,26H,2-6,8-9,11-12,15-16,18-20H2,1H3,(H,32,33). The van der Waals surface area contributed by atoms with Gasteiger partial charge < -0.3 is 10.1 Å². The molecule has 7 heteroatoms. The minimum absolute atomic E-state index is 0.271. The number of fused-ring (bicyclic) bond motifs is 1. The first-order chi connectivity index (χ1) is 17.6. The lowest BCUT2D eigenvalue weighted by Crippen LogP contribution is -2.37. The summed E-state index contributed by atoms with van der Waals surface area (Å²) < 4.78 is 21.3. The number of unbranched alkanes of at least 4 members (excludes halogenated alkanes) is 2. The molecule has 1 saturated heterocycles. The summed E-state index contributed by atoms with van der Waals surface area (Å²) in [6, 6.07) is 7.62. The van der Waals surface area contributed by atoms with E-state index in [9.17, 15) is 4.79 Å². The molecule has 5 rings (SSSR count). The van der Waals surface area contributed by atoms with Gasteiger partial charge in [0.2, 0.25) is 0 Å². The van der Waals surface area contributed by atoms with Crippen molar-refractivity contribution in [1.82, 2.24) is 14.9 Å². The molecule has 1 N–H and O–H groups in total. The van der Waals surface area contributed by atoms with E-state index in [1.54, 1.807) is 6.20 Å². The number of aromatic nitrogens is 2. The first-order valence-corrected chi connectivity index (χ1v) is 13.8. The number of pyridine rings is 2. The number of hydrogen-bond acceptors (Lipinski definition) is 6. The number of alkyl halides is 1. The maximum atomic E-state index is 15.9. The molecule has 3 aliphatic rings. The van der Waals surface area contributed by atoms with Crippen LogP contribution in [0.15, 0.2) is 30.5 Å². The van der Waals surface area contributed by atoms with Crippen molar-refractivity contribution in [2.24, 2.45) is 0 Å². The van der Waals surface area contributed by atoms with Gasteiger partial charge in [-0.3, -0.25) is 9.88 Å². The molecule has 0 aromatic carbocycles. The van der Waals surface area contributed by atoms with E-state index in [1.807, 2.05) is 24.0 Å². The molecular formula is C29H39FN4O2. The van der Waals surface area contributed by atoms with E-state index in [1.165, 1.54) is 12.0 Å². The highest BCUT2D eigenvalue weighted by molar-refractivity contribution is 5.78. The molecule has 0 amide bonds. The number of ether oxygens (including phenoxy) is 1. The second kappa shape index (κ2) is 11.2. The second-order valence-corrected chi connectivity index (χ2v) is 10.7. The first-order valence-electron chi connectivity index (χ1n) is 13.8. The highest BCUT2D eigenvalue weighted by atomic mass is 19.1. The van der Waals surface area contributed by atoms with Crippen molar-refractivity contribution in [3.63, 3.8) is 0 Å². The molecule has 0 spiro atoms. The zero-order valence-electron chi connectivity index (χ0n) is 21.5. The average molecular weight is 495 g/mol. The van der Waals surface area contributed by atoms with Crippen LogP contribution in [-0.2, 0) is 22.4 Å². The number of anilines is 1. The Kier molecular flexibility index (Phi) is 7.85. The SMILES string of the molecule is CCOC(=O)C(c1cccnc1C1CC1)N1CCC(F)(CCCCCc2ccc3c(n2)NCCC3)C1. The summed E-state index contributed by atoms with van der Waals surface area (Å²) in [5, 5.41) is 3.40. The molecule has 1 saturated carbocycles. The van der Waals surface area contributed by atoms with Gasteiger partial charge in [0.05, 0.1) is 6.61 Å². The number of nitrogens with zero attached hydrogens (tertiary/aromatic N) is 3. The van der Waals surface area contributed by atoms with Gasteiger partial charge in [-0.05, 0) is 76.0 Å². The van der Waals surface area contributed by atoms with Crippen molar-refractivity contribution >= 4 is 11.8 Å². The summed E-state index contributed by atoms with van der Waals surface area (Å²) >= 11 is 0. The minimum atomic E-state index is -1.26. The van der Waals surface area contributed by atoms with Crippen LogP contribution in [0.5, 0.6) is 0 Å². The van der Waals surface area contributed by atoms with Crippen molar-refractivity contribution in [1.29, 1.82) is 0 Å². The lowest BCUT2D eigenvalue weighted by Gasteiger charge is -2.28.